The second-order valence-corrected chi connectivity index (χ2v) is 8.86. The van der Waals surface area contributed by atoms with Crippen molar-refractivity contribution in [2.75, 3.05) is 31.1 Å². The van der Waals surface area contributed by atoms with Crippen molar-refractivity contribution in [3.63, 3.8) is 0 Å². The van der Waals surface area contributed by atoms with Crippen LogP contribution in [0, 0.1) is 6.92 Å². The zero-order chi connectivity index (χ0) is 21.1. The van der Waals surface area contributed by atoms with Gasteiger partial charge in [-0.1, -0.05) is 59.6 Å². The zero-order valence-corrected chi connectivity index (χ0v) is 18.1. The minimum absolute atomic E-state index is 0.0578. The van der Waals surface area contributed by atoms with E-state index in [1.807, 2.05) is 4.90 Å². The summed E-state index contributed by atoms with van der Waals surface area (Å²) in [7, 11) is 0. The van der Waals surface area contributed by atoms with Crippen LogP contribution in [0.5, 0.6) is 0 Å². The van der Waals surface area contributed by atoms with Gasteiger partial charge >= 0.3 is 0 Å². The minimum Gasteiger partial charge on any atom is -0.354 e. The van der Waals surface area contributed by atoms with Gasteiger partial charge in [0.05, 0.1) is 0 Å². The molecule has 0 aliphatic carbocycles. The van der Waals surface area contributed by atoms with Crippen molar-refractivity contribution in [2.24, 2.45) is 0 Å². The summed E-state index contributed by atoms with van der Waals surface area (Å²) in [5.41, 5.74) is 1.04. The molecule has 0 saturated carbocycles. The van der Waals surface area contributed by atoms with Crippen LogP contribution in [-0.2, 0) is 5.92 Å². The standard InChI is InChI=1S/C23H22ClF2N3S/c1-17-7-9-20(10-8-17)30-29-13-11-28(12-14-29)22-16-19(15-21(24)27-22)23(25,26)18-5-3-2-4-6-18/h2-10,15-16H,11-14H2,1H3. The van der Waals surface area contributed by atoms with E-state index >= 15 is 8.78 Å². The largest absolute Gasteiger partial charge is 0.354 e. The Bertz CT molecular complexity index is 991. The molecule has 7 heteroatoms. The second-order valence-electron chi connectivity index (χ2n) is 7.30. The van der Waals surface area contributed by atoms with Crippen LogP contribution >= 0.6 is 23.5 Å². The van der Waals surface area contributed by atoms with Crippen LogP contribution in [0.1, 0.15) is 16.7 Å². The third-order valence-corrected chi connectivity index (χ3v) is 6.40. The SMILES string of the molecule is Cc1ccc(SN2CCN(c3cc(C(F)(F)c4ccccc4)cc(Cl)n3)CC2)cc1. The third kappa shape index (κ3) is 4.77. The molecule has 4 rings (SSSR count). The zero-order valence-electron chi connectivity index (χ0n) is 16.6. The van der Waals surface area contributed by atoms with Crippen molar-refractivity contribution < 1.29 is 8.78 Å². The molecule has 0 N–H and O–H groups in total. The van der Waals surface area contributed by atoms with Crippen LogP contribution in [0.15, 0.2) is 71.6 Å². The number of pyridine rings is 1. The fraction of sp³-hybridized carbons (Fsp3) is 0.261. The van der Waals surface area contributed by atoms with Crippen molar-refractivity contribution in [3.8, 4) is 0 Å². The molecule has 0 atom stereocenters. The van der Waals surface area contributed by atoms with Gasteiger partial charge in [-0.25, -0.2) is 9.29 Å². The quantitative estimate of drug-likeness (QED) is 0.353. The minimum atomic E-state index is -3.13. The molecule has 156 valence electrons. The maximum Gasteiger partial charge on any atom is 0.298 e. The molecule has 1 saturated heterocycles. The first kappa shape index (κ1) is 21.1. The number of piperazine rings is 1. The predicted molar refractivity (Wildman–Crippen MR) is 120 cm³/mol. The monoisotopic (exact) mass is 445 g/mol. The van der Waals surface area contributed by atoms with Crippen LogP contribution in [0.2, 0.25) is 5.15 Å². The first-order valence-electron chi connectivity index (χ1n) is 9.78. The van der Waals surface area contributed by atoms with Crippen LogP contribution in [0.4, 0.5) is 14.6 Å². The number of aryl methyl sites for hydroxylation is 1. The van der Waals surface area contributed by atoms with E-state index in [2.05, 4.69) is 40.5 Å². The molecule has 2 aromatic carbocycles. The highest BCUT2D eigenvalue weighted by Crippen LogP contribution is 2.38. The summed E-state index contributed by atoms with van der Waals surface area (Å²) in [6, 6.07) is 18.9. The van der Waals surface area contributed by atoms with Gasteiger partial charge in [0.15, 0.2) is 0 Å². The number of aromatic nitrogens is 1. The number of benzene rings is 2. The van der Waals surface area contributed by atoms with Gasteiger partial charge in [-0.3, -0.25) is 0 Å². The molecule has 1 aromatic heterocycles. The lowest BCUT2D eigenvalue weighted by atomic mass is 10.0. The van der Waals surface area contributed by atoms with Crippen molar-refractivity contribution in [2.45, 2.75) is 17.7 Å². The fourth-order valence-corrected chi connectivity index (χ4v) is 4.50. The van der Waals surface area contributed by atoms with E-state index in [-0.39, 0.29) is 16.3 Å². The van der Waals surface area contributed by atoms with Crippen LogP contribution in [0.3, 0.4) is 0 Å². The number of nitrogens with zero attached hydrogens (tertiary/aromatic N) is 3. The van der Waals surface area contributed by atoms with Gasteiger partial charge < -0.3 is 4.90 Å². The first-order chi connectivity index (χ1) is 14.4. The van der Waals surface area contributed by atoms with Gasteiger partial charge in [-0.15, -0.1) is 0 Å². The second kappa shape index (κ2) is 8.92. The average Bonchev–Trinajstić information content (AvgIpc) is 2.76. The fourth-order valence-electron chi connectivity index (χ4n) is 3.40. The molecule has 1 aliphatic heterocycles. The van der Waals surface area contributed by atoms with E-state index in [9.17, 15) is 0 Å². The Morgan fingerprint density at radius 3 is 2.23 bits per heavy atom. The average molecular weight is 446 g/mol. The smallest absolute Gasteiger partial charge is 0.298 e. The molecule has 1 fully saturated rings. The maximum absolute atomic E-state index is 15.0. The van der Waals surface area contributed by atoms with Gasteiger partial charge in [0.25, 0.3) is 5.92 Å². The summed E-state index contributed by atoms with van der Waals surface area (Å²) >= 11 is 7.84. The predicted octanol–water partition coefficient (Wildman–Crippen LogP) is 6.01. The van der Waals surface area contributed by atoms with Crippen molar-refractivity contribution in [1.29, 1.82) is 0 Å². The molecule has 3 nitrogen and oxygen atoms in total. The molecule has 0 spiro atoms. The number of rotatable bonds is 5. The Hall–Kier alpha value is -2.15. The summed E-state index contributed by atoms with van der Waals surface area (Å²) < 4.78 is 32.3. The summed E-state index contributed by atoms with van der Waals surface area (Å²) in [5, 5.41) is 0.0783. The van der Waals surface area contributed by atoms with E-state index in [4.69, 9.17) is 11.6 Å². The summed E-state index contributed by atoms with van der Waals surface area (Å²) in [6.07, 6.45) is 0. The van der Waals surface area contributed by atoms with E-state index in [0.29, 0.717) is 18.9 Å². The van der Waals surface area contributed by atoms with Crippen molar-refractivity contribution in [1.82, 2.24) is 9.29 Å². The van der Waals surface area contributed by atoms with Gasteiger partial charge in [0.1, 0.15) is 11.0 Å². The maximum atomic E-state index is 15.0. The molecule has 30 heavy (non-hydrogen) atoms. The number of halogens is 3. The van der Waals surface area contributed by atoms with Crippen LogP contribution < -0.4 is 4.90 Å². The van der Waals surface area contributed by atoms with Crippen LogP contribution in [-0.4, -0.2) is 35.5 Å². The highest BCUT2D eigenvalue weighted by molar-refractivity contribution is 7.97. The first-order valence-corrected chi connectivity index (χ1v) is 10.9. The Labute approximate surface area is 184 Å². The molecule has 3 aromatic rings. The Morgan fingerprint density at radius 2 is 1.57 bits per heavy atom. The van der Waals surface area contributed by atoms with Gasteiger partial charge in [-0.2, -0.15) is 8.78 Å². The molecular weight excluding hydrogens is 424 g/mol. The van der Waals surface area contributed by atoms with Gasteiger partial charge in [0.2, 0.25) is 0 Å². The molecule has 0 unspecified atom stereocenters. The Morgan fingerprint density at radius 1 is 0.900 bits per heavy atom. The Balaban J connectivity index is 1.47. The lowest BCUT2D eigenvalue weighted by Gasteiger charge is -2.35. The molecule has 0 bridgehead atoms. The summed E-state index contributed by atoms with van der Waals surface area (Å²) in [4.78, 5) is 7.53. The number of hydrogen-bond donors (Lipinski definition) is 0. The molecule has 0 amide bonds. The molecular formula is C23H22ClF2N3S. The van der Waals surface area contributed by atoms with E-state index in [0.717, 1.165) is 13.1 Å². The lowest BCUT2D eigenvalue weighted by molar-refractivity contribution is 0.0428. The van der Waals surface area contributed by atoms with E-state index in [1.165, 1.54) is 34.7 Å². The highest BCUT2D eigenvalue weighted by atomic mass is 35.5. The van der Waals surface area contributed by atoms with E-state index < -0.39 is 5.92 Å². The van der Waals surface area contributed by atoms with Crippen molar-refractivity contribution >= 4 is 29.4 Å². The molecule has 1 aliphatic rings. The molecule has 0 radical (unpaired) electrons. The number of alkyl halides is 2. The highest BCUT2D eigenvalue weighted by Gasteiger charge is 2.35. The number of anilines is 1. The van der Waals surface area contributed by atoms with Crippen molar-refractivity contribution in [3.05, 3.63) is 88.6 Å². The summed E-state index contributed by atoms with van der Waals surface area (Å²) in [5.74, 6) is -2.64. The van der Waals surface area contributed by atoms with Gasteiger partial charge in [0, 0.05) is 42.2 Å². The van der Waals surface area contributed by atoms with E-state index in [1.54, 1.807) is 30.1 Å². The third-order valence-electron chi connectivity index (χ3n) is 5.10. The Kier molecular flexibility index (Phi) is 6.27. The normalized spacial score (nSPS) is 15.4. The summed E-state index contributed by atoms with van der Waals surface area (Å²) in [6.45, 7) is 5.07. The van der Waals surface area contributed by atoms with Crippen LogP contribution in [0.25, 0.3) is 0 Å². The molecule has 2 heterocycles. The topological polar surface area (TPSA) is 19.4 Å². The number of hydrogen-bond acceptors (Lipinski definition) is 4. The lowest BCUT2D eigenvalue weighted by Crippen LogP contribution is -2.43. The van der Waals surface area contributed by atoms with Gasteiger partial charge in [-0.05, 0) is 43.1 Å².